The molecule has 0 spiro atoms. The second kappa shape index (κ2) is 5.33. The van der Waals surface area contributed by atoms with Gasteiger partial charge in [-0.25, -0.2) is 0 Å². The van der Waals surface area contributed by atoms with Gasteiger partial charge < -0.3 is 4.74 Å². The third kappa shape index (κ3) is 2.39. The number of pyridine rings is 1. The number of fused-ring (bicyclic) bond motifs is 1. The lowest BCUT2D eigenvalue weighted by Crippen LogP contribution is -2.06. The molecular weight excluding hydrogens is 291 g/mol. The van der Waals surface area contributed by atoms with Gasteiger partial charge in [0.2, 0.25) is 0 Å². The number of halogens is 3. The number of nitrogens with zero attached hydrogens (tertiary/aromatic N) is 1. The van der Waals surface area contributed by atoms with E-state index in [1.807, 2.05) is 18.2 Å². The number of alkyl halides is 3. The molecule has 0 aliphatic rings. The molecule has 2 nitrogen and oxygen atoms in total. The van der Waals surface area contributed by atoms with Crippen LogP contribution in [0.2, 0.25) is 0 Å². The summed E-state index contributed by atoms with van der Waals surface area (Å²) in [5.41, 5.74) is 0.602. The van der Waals surface area contributed by atoms with E-state index in [1.54, 1.807) is 18.2 Å². The van der Waals surface area contributed by atoms with Gasteiger partial charge in [0.05, 0.1) is 18.2 Å². The third-order valence-electron chi connectivity index (χ3n) is 3.47. The first-order valence-corrected chi connectivity index (χ1v) is 6.60. The van der Waals surface area contributed by atoms with E-state index in [0.717, 1.165) is 11.6 Å². The predicted octanol–water partition coefficient (Wildman–Crippen LogP) is 4.93. The highest BCUT2D eigenvalue weighted by Crippen LogP contribution is 2.38. The number of para-hydroxylation sites is 2. The van der Waals surface area contributed by atoms with Gasteiger partial charge in [-0.1, -0.05) is 30.3 Å². The van der Waals surface area contributed by atoms with Crippen molar-refractivity contribution in [3.05, 3.63) is 60.3 Å². The molecule has 1 aromatic heterocycles. The second-order valence-corrected chi connectivity index (χ2v) is 4.76. The fourth-order valence-corrected chi connectivity index (χ4v) is 2.51. The van der Waals surface area contributed by atoms with Gasteiger partial charge in [0.25, 0.3) is 0 Å². The lowest BCUT2D eigenvalue weighted by atomic mass is 9.98. The fourth-order valence-electron chi connectivity index (χ4n) is 2.51. The molecule has 0 atom stereocenters. The summed E-state index contributed by atoms with van der Waals surface area (Å²) < 4.78 is 44.7. The monoisotopic (exact) mass is 303 g/mol. The molecule has 0 unspecified atom stereocenters. The second-order valence-electron chi connectivity index (χ2n) is 4.76. The molecule has 0 N–H and O–H groups in total. The number of ether oxygens (including phenoxy) is 1. The van der Waals surface area contributed by atoms with Crippen LogP contribution in [0.15, 0.2) is 54.7 Å². The molecule has 3 aromatic rings. The van der Waals surface area contributed by atoms with Gasteiger partial charge in [0.15, 0.2) is 0 Å². The molecule has 3 rings (SSSR count). The van der Waals surface area contributed by atoms with Crippen LogP contribution < -0.4 is 4.74 Å². The van der Waals surface area contributed by atoms with Gasteiger partial charge in [-0.15, -0.1) is 0 Å². The van der Waals surface area contributed by atoms with E-state index in [1.165, 1.54) is 19.4 Å². The Morgan fingerprint density at radius 1 is 0.909 bits per heavy atom. The number of hydrogen-bond acceptors (Lipinski definition) is 2. The van der Waals surface area contributed by atoms with Crippen LogP contribution in [0, 0.1) is 0 Å². The molecule has 0 saturated carbocycles. The number of hydrogen-bond donors (Lipinski definition) is 0. The maximum Gasteiger partial charge on any atom is 0.418 e. The van der Waals surface area contributed by atoms with Crippen LogP contribution in [0.25, 0.3) is 22.0 Å². The highest BCUT2D eigenvalue weighted by atomic mass is 19.4. The normalized spacial score (nSPS) is 11.6. The van der Waals surface area contributed by atoms with Crippen molar-refractivity contribution in [3.63, 3.8) is 0 Å². The average Bonchev–Trinajstić information content (AvgIpc) is 2.52. The van der Waals surface area contributed by atoms with Crippen molar-refractivity contribution in [2.24, 2.45) is 0 Å². The summed E-state index contributed by atoms with van der Waals surface area (Å²) in [6, 6.07) is 13.0. The van der Waals surface area contributed by atoms with Gasteiger partial charge in [0.1, 0.15) is 5.75 Å². The lowest BCUT2D eigenvalue weighted by Gasteiger charge is -2.13. The van der Waals surface area contributed by atoms with Gasteiger partial charge in [-0.2, -0.15) is 13.2 Å². The molecule has 0 amide bonds. The van der Waals surface area contributed by atoms with Crippen LogP contribution in [-0.4, -0.2) is 12.1 Å². The zero-order valence-electron chi connectivity index (χ0n) is 11.7. The number of rotatable bonds is 2. The number of methoxy groups -OCH3 is 1. The first-order chi connectivity index (χ1) is 10.5. The highest BCUT2D eigenvalue weighted by Gasteiger charge is 2.33. The van der Waals surface area contributed by atoms with E-state index >= 15 is 0 Å². The molecule has 0 bridgehead atoms. The van der Waals surface area contributed by atoms with E-state index in [9.17, 15) is 13.2 Å². The highest BCUT2D eigenvalue weighted by molar-refractivity contribution is 5.97. The van der Waals surface area contributed by atoms with Crippen LogP contribution in [0.3, 0.4) is 0 Å². The standard InChI is InChI=1S/C17H12F3NO/c1-22-15-8-3-2-5-12(15)11-9-10-21-16-13(11)6-4-7-14(16)17(18,19)20/h2-10H,1H3. The molecule has 0 radical (unpaired) electrons. The van der Waals surface area contributed by atoms with E-state index in [0.29, 0.717) is 16.7 Å². The van der Waals surface area contributed by atoms with Gasteiger partial charge in [0, 0.05) is 17.1 Å². The van der Waals surface area contributed by atoms with Crippen molar-refractivity contribution in [1.29, 1.82) is 0 Å². The zero-order valence-corrected chi connectivity index (χ0v) is 11.7. The Bertz CT molecular complexity index is 827. The number of aromatic nitrogens is 1. The van der Waals surface area contributed by atoms with Crippen molar-refractivity contribution < 1.29 is 17.9 Å². The minimum atomic E-state index is -4.44. The largest absolute Gasteiger partial charge is 0.496 e. The van der Waals surface area contributed by atoms with Crippen molar-refractivity contribution in [2.45, 2.75) is 6.18 Å². The van der Waals surface area contributed by atoms with Crippen molar-refractivity contribution >= 4 is 10.9 Å². The topological polar surface area (TPSA) is 22.1 Å². The molecule has 0 fully saturated rings. The Morgan fingerprint density at radius 3 is 2.41 bits per heavy atom. The number of benzene rings is 2. The Morgan fingerprint density at radius 2 is 1.68 bits per heavy atom. The summed E-state index contributed by atoms with van der Waals surface area (Å²) >= 11 is 0. The molecule has 22 heavy (non-hydrogen) atoms. The van der Waals surface area contributed by atoms with Gasteiger partial charge in [-0.05, 0) is 23.8 Å². The molecular formula is C17H12F3NO. The molecule has 0 aliphatic heterocycles. The molecule has 0 saturated heterocycles. The molecule has 2 aromatic carbocycles. The first kappa shape index (κ1) is 14.4. The Balaban J connectivity index is 2.33. The zero-order chi connectivity index (χ0) is 15.7. The Hall–Kier alpha value is -2.56. The summed E-state index contributed by atoms with van der Waals surface area (Å²) in [6.07, 6.45) is -3.05. The van der Waals surface area contributed by atoms with Crippen LogP contribution >= 0.6 is 0 Å². The van der Waals surface area contributed by atoms with Gasteiger partial charge >= 0.3 is 6.18 Å². The summed E-state index contributed by atoms with van der Waals surface area (Å²) in [7, 11) is 1.53. The molecule has 5 heteroatoms. The Kier molecular flexibility index (Phi) is 3.48. The van der Waals surface area contributed by atoms with Crippen molar-refractivity contribution in [3.8, 4) is 16.9 Å². The van der Waals surface area contributed by atoms with Crippen LogP contribution in [-0.2, 0) is 6.18 Å². The lowest BCUT2D eigenvalue weighted by molar-refractivity contribution is -0.136. The van der Waals surface area contributed by atoms with Crippen LogP contribution in [0.5, 0.6) is 5.75 Å². The predicted molar refractivity (Wildman–Crippen MR) is 78.7 cm³/mol. The third-order valence-corrected chi connectivity index (χ3v) is 3.47. The van der Waals surface area contributed by atoms with E-state index in [4.69, 9.17) is 4.74 Å². The minimum absolute atomic E-state index is 0.0570. The molecule has 112 valence electrons. The molecule has 0 aliphatic carbocycles. The van der Waals surface area contributed by atoms with E-state index < -0.39 is 11.7 Å². The van der Waals surface area contributed by atoms with Crippen molar-refractivity contribution in [2.75, 3.05) is 7.11 Å². The van der Waals surface area contributed by atoms with Crippen LogP contribution in [0.4, 0.5) is 13.2 Å². The molecule has 1 heterocycles. The van der Waals surface area contributed by atoms with Crippen molar-refractivity contribution in [1.82, 2.24) is 4.98 Å². The quantitative estimate of drug-likeness (QED) is 0.669. The summed E-state index contributed by atoms with van der Waals surface area (Å²) in [5, 5.41) is 0.446. The van der Waals surface area contributed by atoms with Crippen LogP contribution in [0.1, 0.15) is 5.56 Å². The maximum absolute atomic E-state index is 13.1. The first-order valence-electron chi connectivity index (χ1n) is 6.60. The fraction of sp³-hybridized carbons (Fsp3) is 0.118. The summed E-state index contributed by atoms with van der Waals surface area (Å²) in [6.45, 7) is 0. The van der Waals surface area contributed by atoms with E-state index in [2.05, 4.69) is 4.98 Å². The average molecular weight is 303 g/mol. The minimum Gasteiger partial charge on any atom is -0.496 e. The summed E-state index contributed by atoms with van der Waals surface area (Å²) in [5.74, 6) is 0.604. The Labute approximate surface area is 125 Å². The SMILES string of the molecule is COc1ccccc1-c1ccnc2c(C(F)(F)F)cccc12. The maximum atomic E-state index is 13.1. The van der Waals surface area contributed by atoms with E-state index in [-0.39, 0.29) is 5.52 Å². The van der Waals surface area contributed by atoms with Gasteiger partial charge in [-0.3, -0.25) is 4.98 Å². The summed E-state index contributed by atoms with van der Waals surface area (Å²) in [4.78, 5) is 3.93. The smallest absolute Gasteiger partial charge is 0.418 e.